The van der Waals surface area contributed by atoms with E-state index in [0.717, 1.165) is 78.9 Å². The van der Waals surface area contributed by atoms with E-state index in [1.165, 1.54) is 86.9 Å². The fraction of sp³-hybridized carbons (Fsp3) is 0.378. The zero-order valence-electron chi connectivity index (χ0n) is 61.6. The fourth-order valence-electron chi connectivity index (χ4n) is 14.8. The SMILES string of the molecule is COc1c2cc(C(C)(C)C)cc1Cc1cc(C(C)(C)C)cc(c1OCCOCCOCCNc1cc3ccc4cccc5ccc(c1)c3c45)Cc1cc(C(C)(C)C)cc(c1OC)Cc1cc(C(C)(C)C)cc(c1OCCOCCOCCNc1cc3ccc4cccc5ccc(c1)c3c45)C2. The molecule has 10 heteroatoms. The lowest BCUT2D eigenvalue weighted by Crippen LogP contribution is -2.18. The number of nitrogens with one attached hydrogen (secondary N) is 2. The molecule has 0 heterocycles. The minimum atomic E-state index is -0.178. The van der Waals surface area contributed by atoms with Gasteiger partial charge in [0.15, 0.2) is 0 Å². The molecule has 13 rings (SSSR count). The van der Waals surface area contributed by atoms with Gasteiger partial charge in [-0.3, -0.25) is 0 Å². The summed E-state index contributed by atoms with van der Waals surface area (Å²) in [5, 5.41) is 22.6. The van der Waals surface area contributed by atoms with E-state index in [9.17, 15) is 0 Å². The highest BCUT2D eigenvalue weighted by atomic mass is 16.6. The Bertz CT molecular complexity index is 4350. The maximum absolute atomic E-state index is 7.16. The standard InChI is InChI=1S/C90H102N2O8/c1-87(2,3)73-45-65-41-69-49-75(89(7,8)9)51-71(85(69)99-39-37-97-35-33-95-31-29-91-77-53-61-25-21-57-17-15-18-58-22-26-62(54-77)81(61)79(57)58)43-67-47-74(88(4,5)6)48-68(84(67)94-14)44-72-52-76(90(10,11)12)50-70(42-66(46-73)83(65)93-13)86(72)100-40-38-98-36-34-96-32-30-92-78-55-63-27-23-59-19-16-20-60-24-28-64(56-78)82(63)80(59)60/h15-28,45-56,91-92H,29-44H2,1-14H3. The van der Waals surface area contributed by atoms with Gasteiger partial charge in [-0.2, -0.15) is 0 Å². The lowest BCUT2D eigenvalue weighted by atomic mass is 9.79. The molecular formula is C90H102N2O8. The van der Waals surface area contributed by atoms with E-state index in [4.69, 9.17) is 37.9 Å². The first-order valence-corrected chi connectivity index (χ1v) is 36.1. The van der Waals surface area contributed by atoms with Crippen molar-refractivity contribution in [3.05, 3.63) is 224 Å². The Labute approximate surface area is 592 Å². The first-order valence-electron chi connectivity index (χ1n) is 36.1. The minimum Gasteiger partial charge on any atom is -0.496 e. The second-order valence-electron chi connectivity index (χ2n) is 31.6. The Hall–Kier alpha value is -8.64. The van der Waals surface area contributed by atoms with Gasteiger partial charge >= 0.3 is 0 Å². The molecule has 520 valence electrons. The number of benzene rings is 12. The minimum absolute atomic E-state index is 0.176. The molecular weight excluding hydrogens is 1240 g/mol. The first kappa shape index (κ1) is 69.8. The highest BCUT2D eigenvalue weighted by Crippen LogP contribution is 2.46. The third kappa shape index (κ3) is 15.3. The van der Waals surface area contributed by atoms with E-state index in [-0.39, 0.29) is 21.7 Å². The molecule has 1 aliphatic carbocycles. The van der Waals surface area contributed by atoms with Gasteiger partial charge in [-0.25, -0.2) is 0 Å². The van der Waals surface area contributed by atoms with Crippen molar-refractivity contribution >= 4 is 76.0 Å². The van der Waals surface area contributed by atoms with Gasteiger partial charge in [0, 0.05) is 50.1 Å². The van der Waals surface area contributed by atoms with Crippen LogP contribution in [0.1, 0.15) is 150 Å². The van der Waals surface area contributed by atoms with Crippen LogP contribution in [0.25, 0.3) is 64.6 Å². The Morgan fingerprint density at radius 1 is 0.270 bits per heavy atom. The number of rotatable bonds is 24. The Morgan fingerprint density at radius 2 is 0.500 bits per heavy atom. The topological polar surface area (TPSA) is 97.9 Å². The van der Waals surface area contributed by atoms with Crippen LogP contribution in [-0.4, -0.2) is 93.4 Å². The van der Waals surface area contributed by atoms with E-state index in [1.54, 1.807) is 0 Å². The van der Waals surface area contributed by atoms with Crippen LogP contribution in [0.2, 0.25) is 0 Å². The van der Waals surface area contributed by atoms with Crippen molar-refractivity contribution in [1.82, 2.24) is 0 Å². The predicted octanol–water partition coefficient (Wildman–Crippen LogP) is 20.4. The molecule has 1 aliphatic rings. The number of hydrogen-bond donors (Lipinski definition) is 2. The molecule has 0 amide bonds. The molecule has 12 aromatic carbocycles. The van der Waals surface area contributed by atoms with Crippen LogP contribution < -0.4 is 29.6 Å². The number of ether oxygens (including phenoxy) is 8. The van der Waals surface area contributed by atoms with Gasteiger partial charge < -0.3 is 48.5 Å². The van der Waals surface area contributed by atoms with E-state index in [0.29, 0.717) is 105 Å². The second-order valence-corrected chi connectivity index (χ2v) is 31.6. The summed E-state index contributed by atoms with van der Waals surface area (Å²) in [6.07, 6.45) is 2.29. The van der Waals surface area contributed by atoms with Crippen LogP contribution in [0.5, 0.6) is 23.0 Å². The van der Waals surface area contributed by atoms with E-state index < -0.39 is 0 Å². The van der Waals surface area contributed by atoms with Crippen LogP contribution in [0.3, 0.4) is 0 Å². The van der Waals surface area contributed by atoms with Gasteiger partial charge in [0.25, 0.3) is 0 Å². The van der Waals surface area contributed by atoms with Crippen LogP contribution in [0, 0.1) is 0 Å². The van der Waals surface area contributed by atoms with E-state index >= 15 is 0 Å². The molecule has 12 aromatic rings. The van der Waals surface area contributed by atoms with Gasteiger partial charge in [-0.1, -0.05) is 217 Å². The van der Waals surface area contributed by atoms with Crippen molar-refractivity contribution in [2.24, 2.45) is 0 Å². The molecule has 0 aromatic heterocycles. The van der Waals surface area contributed by atoms with Gasteiger partial charge in [0.05, 0.1) is 67.1 Å². The summed E-state index contributed by atoms with van der Waals surface area (Å²) < 4.78 is 52.6. The van der Waals surface area contributed by atoms with Crippen LogP contribution in [0.4, 0.5) is 11.4 Å². The zero-order chi connectivity index (χ0) is 70.1. The summed E-state index contributed by atoms with van der Waals surface area (Å²) in [7, 11) is 3.64. The Balaban J connectivity index is 0.737. The quantitative estimate of drug-likeness (QED) is 0.0450. The number of methoxy groups -OCH3 is 2. The molecule has 0 saturated carbocycles. The Kier molecular flexibility index (Phi) is 20.3. The molecule has 2 N–H and O–H groups in total. The smallest absolute Gasteiger partial charge is 0.126 e. The van der Waals surface area contributed by atoms with Gasteiger partial charge in [0.1, 0.15) is 36.2 Å². The summed E-state index contributed by atoms with van der Waals surface area (Å²) in [6, 6.07) is 58.8. The second kappa shape index (κ2) is 29.1. The van der Waals surface area contributed by atoms with Crippen molar-refractivity contribution in [2.45, 2.75) is 130 Å². The van der Waals surface area contributed by atoms with Gasteiger partial charge in [-0.15, -0.1) is 0 Å². The third-order valence-corrected chi connectivity index (χ3v) is 20.1. The van der Waals surface area contributed by atoms with Crippen molar-refractivity contribution in [1.29, 1.82) is 0 Å². The van der Waals surface area contributed by atoms with E-state index in [2.05, 4.69) is 251 Å². The summed E-state index contributed by atoms with van der Waals surface area (Å²) in [4.78, 5) is 0. The summed E-state index contributed by atoms with van der Waals surface area (Å²) in [5.74, 6) is 3.47. The molecule has 10 nitrogen and oxygen atoms in total. The van der Waals surface area contributed by atoms with Gasteiger partial charge in [0.2, 0.25) is 0 Å². The molecule has 100 heavy (non-hydrogen) atoms. The Morgan fingerprint density at radius 3 is 0.760 bits per heavy atom. The highest BCUT2D eigenvalue weighted by Gasteiger charge is 2.30. The van der Waals surface area contributed by atoms with Crippen LogP contribution >= 0.6 is 0 Å². The summed E-state index contributed by atoms with van der Waals surface area (Å²) >= 11 is 0. The molecule has 0 atom stereocenters. The molecule has 0 spiro atoms. The summed E-state index contributed by atoms with van der Waals surface area (Å²) in [6.45, 7) is 33.4. The van der Waals surface area contributed by atoms with Crippen molar-refractivity contribution in [3.63, 3.8) is 0 Å². The molecule has 8 bridgehead atoms. The monoisotopic (exact) mass is 1340 g/mol. The maximum Gasteiger partial charge on any atom is 0.126 e. The van der Waals surface area contributed by atoms with Crippen molar-refractivity contribution in [2.75, 3.05) is 104 Å². The van der Waals surface area contributed by atoms with Crippen LogP contribution in [-0.2, 0) is 66.3 Å². The fourth-order valence-corrected chi connectivity index (χ4v) is 14.8. The third-order valence-electron chi connectivity index (χ3n) is 20.1. The molecule has 0 aliphatic heterocycles. The average Bonchev–Trinajstić information content (AvgIpc) is 0.758. The largest absolute Gasteiger partial charge is 0.496 e. The maximum atomic E-state index is 7.16. The first-order chi connectivity index (χ1) is 48.0. The predicted molar refractivity (Wildman–Crippen MR) is 416 cm³/mol. The van der Waals surface area contributed by atoms with Crippen LogP contribution in [0.15, 0.2) is 158 Å². The number of anilines is 2. The summed E-state index contributed by atoms with van der Waals surface area (Å²) in [5.41, 5.74) is 15.2. The van der Waals surface area contributed by atoms with Crippen molar-refractivity contribution < 1.29 is 37.9 Å². The molecule has 0 fully saturated rings. The average molecular weight is 1340 g/mol. The lowest BCUT2D eigenvalue weighted by molar-refractivity contribution is 0.0393. The molecule has 0 saturated heterocycles. The number of fused-ring (bicyclic) bond motifs is 8. The lowest BCUT2D eigenvalue weighted by Gasteiger charge is -2.29. The normalized spacial score (nSPS) is 13.2. The van der Waals surface area contributed by atoms with Gasteiger partial charge in [-0.05, 0) is 177 Å². The van der Waals surface area contributed by atoms with E-state index in [1.807, 2.05) is 14.2 Å². The molecule has 0 radical (unpaired) electrons. The zero-order valence-corrected chi connectivity index (χ0v) is 61.6. The molecule has 0 unspecified atom stereocenters. The van der Waals surface area contributed by atoms with Crippen molar-refractivity contribution in [3.8, 4) is 23.0 Å². The number of hydrogen-bond acceptors (Lipinski definition) is 10. The highest BCUT2D eigenvalue weighted by molar-refractivity contribution is 6.24.